The van der Waals surface area contributed by atoms with Gasteiger partial charge in [-0.2, -0.15) is 0 Å². The van der Waals surface area contributed by atoms with Crippen molar-refractivity contribution in [1.82, 2.24) is 0 Å². The van der Waals surface area contributed by atoms with Crippen molar-refractivity contribution in [2.75, 3.05) is 5.32 Å². The van der Waals surface area contributed by atoms with E-state index in [2.05, 4.69) is 5.32 Å². The molecule has 0 aliphatic rings. The number of fused-ring (bicyclic) bond motifs is 2. The summed E-state index contributed by atoms with van der Waals surface area (Å²) in [6.45, 7) is 1.98. The smallest absolute Gasteiger partial charge is 0.291 e. The number of furan rings is 1. The van der Waals surface area contributed by atoms with Gasteiger partial charge >= 0.3 is 0 Å². The van der Waals surface area contributed by atoms with E-state index in [1.807, 2.05) is 37.3 Å². The molecule has 0 saturated carbocycles. The van der Waals surface area contributed by atoms with Crippen LogP contribution in [0.15, 0.2) is 65.1 Å². The predicted octanol–water partition coefficient (Wildman–Crippen LogP) is 4.85. The number of carbonyl (C=O) groups excluding carboxylic acids is 1. The molecule has 0 bridgehead atoms. The van der Waals surface area contributed by atoms with Crippen molar-refractivity contribution in [1.29, 1.82) is 0 Å². The lowest BCUT2D eigenvalue weighted by atomic mass is 10.1. The Morgan fingerprint density at radius 3 is 2.67 bits per heavy atom. The molecule has 0 fully saturated rings. The second-order valence-electron chi connectivity index (χ2n) is 5.78. The van der Waals surface area contributed by atoms with E-state index in [1.165, 1.54) is 0 Å². The Labute approximate surface area is 138 Å². The fraction of sp³-hybridized carbons (Fsp3) is 0.0500. The van der Waals surface area contributed by atoms with Gasteiger partial charge in [0.15, 0.2) is 5.76 Å². The molecule has 0 aliphatic heterocycles. The van der Waals surface area contributed by atoms with Crippen LogP contribution in [0.25, 0.3) is 21.7 Å². The van der Waals surface area contributed by atoms with Crippen LogP contribution in [0, 0.1) is 6.92 Å². The maximum absolute atomic E-state index is 12.5. The number of aromatic hydroxyl groups is 1. The van der Waals surface area contributed by atoms with E-state index in [-0.39, 0.29) is 17.4 Å². The highest BCUT2D eigenvalue weighted by atomic mass is 16.3. The molecule has 1 aromatic heterocycles. The summed E-state index contributed by atoms with van der Waals surface area (Å²) >= 11 is 0. The predicted molar refractivity (Wildman–Crippen MR) is 94.5 cm³/mol. The third-order valence-corrected chi connectivity index (χ3v) is 4.05. The van der Waals surface area contributed by atoms with Crippen molar-refractivity contribution in [2.24, 2.45) is 0 Å². The molecule has 0 atom stereocenters. The van der Waals surface area contributed by atoms with Gasteiger partial charge in [0.1, 0.15) is 11.3 Å². The topological polar surface area (TPSA) is 62.5 Å². The SMILES string of the molecule is Cc1ccc2cc(C(=O)Nc3cccc4c(O)cccc34)oc2c1. The van der Waals surface area contributed by atoms with Crippen LogP contribution < -0.4 is 5.32 Å². The average molecular weight is 317 g/mol. The Kier molecular flexibility index (Phi) is 3.24. The number of rotatable bonds is 2. The summed E-state index contributed by atoms with van der Waals surface area (Å²) in [6, 6.07) is 18.2. The summed E-state index contributed by atoms with van der Waals surface area (Å²) in [5.41, 5.74) is 2.40. The molecule has 0 radical (unpaired) electrons. The molecular weight excluding hydrogens is 302 g/mol. The number of amides is 1. The van der Waals surface area contributed by atoms with Gasteiger partial charge in [0.2, 0.25) is 0 Å². The number of hydrogen-bond acceptors (Lipinski definition) is 3. The van der Waals surface area contributed by atoms with Gasteiger partial charge in [0.25, 0.3) is 5.91 Å². The van der Waals surface area contributed by atoms with E-state index >= 15 is 0 Å². The molecule has 24 heavy (non-hydrogen) atoms. The van der Waals surface area contributed by atoms with Gasteiger partial charge < -0.3 is 14.8 Å². The summed E-state index contributed by atoms with van der Waals surface area (Å²) in [5.74, 6) is 0.121. The van der Waals surface area contributed by atoms with Gasteiger partial charge in [-0.15, -0.1) is 0 Å². The summed E-state index contributed by atoms with van der Waals surface area (Å²) < 4.78 is 5.66. The van der Waals surface area contributed by atoms with Crippen LogP contribution in [0.1, 0.15) is 16.1 Å². The molecule has 118 valence electrons. The molecule has 3 aromatic carbocycles. The molecule has 4 nitrogen and oxygen atoms in total. The normalized spacial score (nSPS) is 11.0. The van der Waals surface area contributed by atoms with Crippen molar-refractivity contribution in [3.8, 4) is 5.75 Å². The molecule has 1 amide bonds. The minimum atomic E-state index is -0.320. The van der Waals surface area contributed by atoms with Crippen LogP contribution in [-0.4, -0.2) is 11.0 Å². The molecule has 4 heteroatoms. The molecular formula is C20H15NO3. The summed E-state index contributed by atoms with van der Waals surface area (Å²) in [7, 11) is 0. The summed E-state index contributed by atoms with van der Waals surface area (Å²) in [6.07, 6.45) is 0. The molecule has 0 aliphatic carbocycles. The van der Waals surface area contributed by atoms with Gasteiger partial charge in [-0.05, 0) is 36.8 Å². The highest BCUT2D eigenvalue weighted by Gasteiger charge is 2.14. The van der Waals surface area contributed by atoms with Crippen molar-refractivity contribution in [3.05, 3.63) is 72.0 Å². The van der Waals surface area contributed by atoms with Gasteiger partial charge in [-0.1, -0.05) is 36.4 Å². The van der Waals surface area contributed by atoms with Gasteiger partial charge in [0, 0.05) is 21.8 Å². The van der Waals surface area contributed by atoms with Gasteiger partial charge in [-0.25, -0.2) is 0 Å². The second-order valence-corrected chi connectivity index (χ2v) is 5.78. The van der Waals surface area contributed by atoms with Crippen LogP contribution in [0.2, 0.25) is 0 Å². The quantitative estimate of drug-likeness (QED) is 0.555. The highest BCUT2D eigenvalue weighted by Crippen LogP contribution is 2.30. The summed E-state index contributed by atoms with van der Waals surface area (Å²) in [4.78, 5) is 12.5. The maximum atomic E-state index is 12.5. The molecule has 0 unspecified atom stereocenters. The average Bonchev–Trinajstić information content (AvgIpc) is 2.99. The third-order valence-electron chi connectivity index (χ3n) is 4.05. The molecule has 4 aromatic rings. The lowest BCUT2D eigenvalue weighted by molar-refractivity contribution is 0.0999. The maximum Gasteiger partial charge on any atom is 0.291 e. The number of hydrogen-bond donors (Lipinski definition) is 2. The third kappa shape index (κ3) is 2.38. The Balaban J connectivity index is 1.72. The Morgan fingerprint density at radius 2 is 1.79 bits per heavy atom. The van der Waals surface area contributed by atoms with Crippen LogP contribution in [0.3, 0.4) is 0 Å². The van der Waals surface area contributed by atoms with E-state index < -0.39 is 0 Å². The zero-order valence-corrected chi connectivity index (χ0v) is 13.0. The first-order valence-corrected chi connectivity index (χ1v) is 7.64. The Bertz CT molecular complexity index is 1080. The number of anilines is 1. The van der Waals surface area contributed by atoms with Crippen LogP contribution in [0.5, 0.6) is 5.75 Å². The first kappa shape index (κ1) is 14.3. The standard InChI is InChI=1S/C20H15NO3/c1-12-8-9-13-11-19(24-18(13)10-12)20(23)21-16-6-2-5-15-14(16)4-3-7-17(15)22/h2-11,22H,1H3,(H,21,23). The number of aryl methyl sites for hydroxylation is 1. The summed E-state index contributed by atoms with van der Waals surface area (Å²) in [5, 5.41) is 15.2. The van der Waals surface area contributed by atoms with Crippen molar-refractivity contribution in [3.63, 3.8) is 0 Å². The zero-order chi connectivity index (χ0) is 16.7. The van der Waals surface area contributed by atoms with Crippen LogP contribution >= 0.6 is 0 Å². The van der Waals surface area contributed by atoms with E-state index in [1.54, 1.807) is 30.3 Å². The lowest BCUT2D eigenvalue weighted by Gasteiger charge is -2.08. The van der Waals surface area contributed by atoms with Crippen molar-refractivity contribution < 1.29 is 14.3 Å². The number of carbonyl (C=O) groups is 1. The van der Waals surface area contributed by atoms with Crippen molar-refractivity contribution >= 4 is 33.3 Å². The molecule has 0 saturated heterocycles. The molecule has 2 N–H and O–H groups in total. The Morgan fingerprint density at radius 1 is 1.00 bits per heavy atom. The lowest BCUT2D eigenvalue weighted by Crippen LogP contribution is -2.11. The van der Waals surface area contributed by atoms with E-state index in [0.29, 0.717) is 16.7 Å². The van der Waals surface area contributed by atoms with E-state index in [9.17, 15) is 9.90 Å². The number of phenolic OH excluding ortho intramolecular Hbond substituents is 1. The van der Waals surface area contributed by atoms with E-state index in [0.717, 1.165) is 16.3 Å². The zero-order valence-electron chi connectivity index (χ0n) is 13.0. The molecule has 4 rings (SSSR count). The first-order chi connectivity index (χ1) is 11.6. The largest absolute Gasteiger partial charge is 0.507 e. The second kappa shape index (κ2) is 5.42. The first-order valence-electron chi connectivity index (χ1n) is 7.64. The van der Waals surface area contributed by atoms with Crippen LogP contribution in [-0.2, 0) is 0 Å². The minimum absolute atomic E-state index is 0.183. The fourth-order valence-corrected chi connectivity index (χ4v) is 2.84. The van der Waals surface area contributed by atoms with Gasteiger partial charge in [0.05, 0.1) is 0 Å². The number of phenols is 1. The number of nitrogens with one attached hydrogen (secondary N) is 1. The van der Waals surface area contributed by atoms with Crippen molar-refractivity contribution in [2.45, 2.75) is 6.92 Å². The fourth-order valence-electron chi connectivity index (χ4n) is 2.84. The van der Waals surface area contributed by atoms with Crippen LogP contribution in [0.4, 0.5) is 5.69 Å². The highest BCUT2D eigenvalue weighted by molar-refractivity contribution is 6.09. The Hall–Kier alpha value is -3.27. The monoisotopic (exact) mass is 317 g/mol. The number of benzene rings is 3. The molecule has 0 spiro atoms. The molecule has 1 heterocycles. The van der Waals surface area contributed by atoms with Gasteiger partial charge in [-0.3, -0.25) is 4.79 Å². The van der Waals surface area contributed by atoms with E-state index in [4.69, 9.17) is 4.42 Å². The minimum Gasteiger partial charge on any atom is -0.507 e.